The van der Waals surface area contributed by atoms with Gasteiger partial charge < -0.3 is 10.2 Å². The number of urea groups is 1. The number of halogens is 1. The van der Waals surface area contributed by atoms with Crippen molar-refractivity contribution >= 4 is 22.5 Å². The number of carbonyl (C=O) groups is 1. The number of fused-ring (bicyclic) bond motifs is 1. The molecular formula is C19H17FN2O. The molecule has 3 rings (SSSR count). The summed E-state index contributed by atoms with van der Waals surface area (Å²) in [5, 5.41) is 5.00. The molecule has 2 amide bonds. The van der Waals surface area contributed by atoms with Crippen molar-refractivity contribution in [3.8, 4) is 0 Å². The Kier molecular flexibility index (Phi) is 4.24. The number of hydrogen-bond donors (Lipinski definition) is 1. The number of benzene rings is 3. The van der Waals surface area contributed by atoms with Gasteiger partial charge in [0.2, 0.25) is 0 Å². The molecule has 1 N–H and O–H groups in total. The molecule has 0 aliphatic carbocycles. The lowest BCUT2D eigenvalue weighted by Gasteiger charge is -2.19. The van der Waals surface area contributed by atoms with Gasteiger partial charge >= 0.3 is 6.03 Å². The third kappa shape index (κ3) is 3.48. The number of rotatable bonds is 3. The topological polar surface area (TPSA) is 32.3 Å². The van der Waals surface area contributed by atoms with Crippen LogP contribution >= 0.6 is 0 Å². The Labute approximate surface area is 134 Å². The summed E-state index contributed by atoms with van der Waals surface area (Å²) in [4.78, 5) is 13.9. The molecule has 0 aliphatic rings. The number of amides is 2. The van der Waals surface area contributed by atoms with Gasteiger partial charge in [-0.1, -0.05) is 48.5 Å². The second-order valence-electron chi connectivity index (χ2n) is 5.44. The third-order valence-corrected chi connectivity index (χ3v) is 3.71. The maximum absolute atomic E-state index is 12.9. The Morgan fingerprint density at radius 3 is 2.48 bits per heavy atom. The van der Waals surface area contributed by atoms with E-state index >= 15 is 0 Å². The van der Waals surface area contributed by atoms with E-state index in [-0.39, 0.29) is 11.8 Å². The monoisotopic (exact) mass is 308 g/mol. The molecule has 3 nitrogen and oxygen atoms in total. The van der Waals surface area contributed by atoms with Crippen LogP contribution in [0.3, 0.4) is 0 Å². The minimum atomic E-state index is -0.281. The van der Waals surface area contributed by atoms with Crippen LogP contribution in [0.2, 0.25) is 0 Å². The molecule has 3 aromatic rings. The van der Waals surface area contributed by atoms with E-state index in [4.69, 9.17) is 0 Å². The standard InChI is InChI=1S/C19H17FN2O/c1-22(13-14-9-11-16(20)12-10-14)19(23)21-18-8-4-6-15-5-2-3-7-17(15)18/h2-12H,13H2,1H3,(H,21,23). The normalized spacial score (nSPS) is 10.5. The van der Waals surface area contributed by atoms with E-state index in [0.717, 1.165) is 22.0 Å². The number of anilines is 1. The van der Waals surface area contributed by atoms with Crippen molar-refractivity contribution in [2.24, 2.45) is 0 Å². The molecule has 0 unspecified atom stereocenters. The molecule has 0 heterocycles. The first-order valence-corrected chi connectivity index (χ1v) is 7.38. The fraction of sp³-hybridized carbons (Fsp3) is 0.105. The van der Waals surface area contributed by atoms with Crippen LogP contribution in [0.25, 0.3) is 10.8 Å². The van der Waals surface area contributed by atoms with Gasteiger partial charge in [0, 0.05) is 19.0 Å². The Balaban J connectivity index is 1.74. The molecule has 0 spiro atoms. The van der Waals surface area contributed by atoms with Crippen LogP contribution in [-0.4, -0.2) is 18.0 Å². The van der Waals surface area contributed by atoms with Gasteiger partial charge in [0.15, 0.2) is 0 Å². The highest BCUT2D eigenvalue weighted by molar-refractivity contribution is 6.01. The summed E-state index contributed by atoms with van der Waals surface area (Å²) >= 11 is 0. The van der Waals surface area contributed by atoms with E-state index in [2.05, 4.69) is 5.32 Å². The van der Waals surface area contributed by atoms with Gasteiger partial charge in [-0.2, -0.15) is 0 Å². The van der Waals surface area contributed by atoms with E-state index in [9.17, 15) is 9.18 Å². The molecule has 0 aliphatic heterocycles. The first-order valence-electron chi connectivity index (χ1n) is 7.38. The van der Waals surface area contributed by atoms with Crippen molar-refractivity contribution in [3.05, 3.63) is 78.1 Å². The highest BCUT2D eigenvalue weighted by Gasteiger charge is 2.11. The third-order valence-electron chi connectivity index (χ3n) is 3.71. The summed E-state index contributed by atoms with van der Waals surface area (Å²) < 4.78 is 12.9. The van der Waals surface area contributed by atoms with E-state index in [1.54, 1.807) is 24.1 Å². The molecule has 0 atom stereocenters. The van der Waals surface area contributed by atoms with Crippen molar-refractivity contribution in [2.75, 3.05) is 12.4 Å². The van der Waals surface area contributed by atoms with E-state index in [1.165, 1.54) is 12.1 Å². The number of nitrogens with one attached hydrogen (secondary N) is 1. The van der Waals surface area contributed by atoms with Crippen molar-refractivity contribution < 1.29 is 9.18 Å². The van der Waals surface area contributed by atoms with Gasteiger partial charge in [-0.3, -0.25) is 0 Å². The molecule has 0 fully saturated rings. The highest BCUT2D eigenvalue weighted by atomic mass is 19.1. The zero-order valence-corrected chi connectivity index (χ0v) is 12.8. The van der Waals surface area contributed by atoms with Gasteiger partial charge in [0.1, 0.15) is 5.82 Å². The molecule has 3 aromatic carbocycles. The lowest BCUT2D eigenvalue weighted by atomic mass is 10.1. The molecule has 4 heteroatoms. The zero-order chi connectivity index (χ0) is 16.2. The maximum Gasteiger partial charge on any atom is 0.321 e. The van der Waals surface area contributed by atoms with E-state index in [1.807, 2.05) is 42.5 Å². The van der Waals surface area contributed by atoms with Gasteiger partial charge in [-0.25, -0.2) is 9.18 Å². The Morgan fingerprint density at radius 1 is 1.00 bits per heavy atom. The molecule has 0 bridgehead atoms. The second-order valence-corrected chi connectivity index (χ2v) is 5.44. The van der Waals surface area contributed by atoms with Crippen molar-refractivity contribution in [1.29, 1.82) is 0 Å². The minimum absolute atomic E-state index is 0.203. The van der Waals surface area contributed by atoms with Gasteiger partial charge in [-0.15, -0.1) is 0 Å². The van der Waals surface area contributed by atoms with Crippen LogP contribution in [-0.2, 0) is 6.54 Å². The predicted octanol–water partition coefficient (Wildman–Crippen LogP) is 4.64. The predicted molar refractivity (Wildman–Crippen MR) is 90.8 cm³/mol. The first kappa shape index (κ1) is 15.0. The van der Waals surface area contributed by atoms with Crippen molar-refractivity contribution in [3.63, 3.8) is 0 Å². The van der Waals surface area contributed by atoms with Crippen molar-refractivity contribution in [1.82, 2.24) is 4.90 Å². The largest absolute Gasteiger partial charge is 0.323 e. The van der Waals surface area contributed by atoms with Gasteiger partial charge in [0.05, 0.1) is 5.69 Å². The smallest absolute Gasteiger partial charge is 0.321 e. The number of carbonyl (C=O) groups excluding carboxylic acids is 1. The molecule has 0 saturated carbocycles. The SMILES string of the molecule is CN(Cc1ccc(F)cc1)C(=O)Nc1cccc2ccccc12. The van der Waals surface area contributed by atoms with Crippen LogP contribution in [0.1, 0.15) is 5.56 Å². The summed E-state index contributed by atoms with van der Waals surface area (Å²) in [5.41, 5.74) is 1.65. The molecular weight excluding hydrogens is 291 g/mol. The highest BCUT2D eigenvalue weighted by Crippen LogP contribution is 2.23. The van der Waals surface area contributed by atoms with Crippen LogP contribution in [0, 0.1) is 5.82 Å². The Hall–Kier alpha value is -2.88. The zero-order valence-electron chi connectivity index (χ0n) is 12.8. The minimum Gasteiger partial charge on any atom is -0.323 e. The van der Waals surface area contributed by atoms with Crippen LogP contribution in [0.15, 0.2) is 66.7 Å². The molecule has 0 aromatic heterocycles. The van der Waals surface area contributed by atoms with Crippen LogP contribution < -0.4 is 5.32 Å². The summed E-state index contributed by atoms with van der Waals surface area (Å²) in [7, 11) is 1.71. The summed E-state index contributed by atoms with van der Waals surface area (Å²) in [6.07, 6.45) is 0. The maximum atomic E-state index is 12.9. The Bertz CT molecular complexity index is 825. The summed E-state index contributed by atoms with van der Waals surface area (Å²) in [6.45, 7) is 0.414. The Morgan fingerprint density at radius 2 is 1.70 bits per heavy atom. The van der Waals surface area contributed by atoms with E-state index < -0.39 is 0 Å². The molecule has 116 valence electrons. The summed E-state index contributed by atoms with van der Waals surface area (Å²) in [5.74, 6) is -0.281. The van der Waals surface area contributed by atoms with Gasteiger partial charge in [0.25, 0.3) is 0 Å². The van der Waals surface area contributed by atoms with E-state index in [0.29, 0.717) is 6.54 Å². The number of nitrogens with zero attached hydrogens (tertiary/aromatic N) is 1. The molecule has 0 radical (unpaired) electrons. The summed E-state index contributed by atoms with van der Waals surface area (Å²) in [6, 6.07) is 19.6. The average Bonchev–Trinajstić information content (AvgIpc) is 2.57. The second kappa shape index (κ2) is 6.48. The molecule has 0 saturated heterocycles. The van der Waals surface area contributed by atoms with Crippen LogP contribution in [0.5, 0.6) is 0 Å². The molecule has 23 heavy (non-hydrogen) atoms. The lowest BCUT2D eigenvalue weighted by Crippen LogP contribution is -2.30. The first-order chi connectivity index (χ1) is 11.1. The quantitative estimate of drug-likeness (QED) is 0.751. The van der Waals surface area contributed by atoms with Gasteiger partial charge in [-0.05, 0) is 29.1 Å². The fourth-order valence-corrected chi connectivity index (χ4v) is 2.48. The lowest BCUT2D eigenvalue weighted by molar-refractivity contribution is 0.220. The average molecular weight is 308 g/mol. The fourth-order valence-electron chi connectivity index (χ4n) is 2.48. The number of hydrogen-bond acceptors (Lipinski definition) is 1. The van der Waals surface area contributed by atoms with Crippen LogP contribution in [0.4, 0.5) is 14.9 Å². The van der Waals surface area contributed by atoms with Crippen molar-refractivity contribution in [2.45, 2.75) is 6.54 Å².